The summed E-state index contributed by atoms with van der Waals surface area (Å²) < 4.78 is 0. The number of carboxylic acid groups (broad SMARTS) is 2. The lowest BCUT2D eigenvalue weighted by Crippen LogP contribution is -2.50. The van der Waals surface area contributed by atoms with Crippen molar-refractivity contribution in [1.82, 2.24) is 5.32 Å². The summed E-state index contributed by atoms with van der Waals surface area (Å²) in [7, 11) is 0. The maximum atomic E-state index is 10.9. The average Bonchev–Trinajstić information content (AvgIpc) is 2.37. The van der Waals surface area contributed by atoms with Crippen LogP contribution in [0, 0.1) is 0 Å². The van der Waals surface area contributed by atoms with Gasteiger partial charge in [-0.15, -0.1) is 0 Å². The van der Waals surface area contributed by atoms with Crippen molar-refractivity contribution in [3.63, 3.8) is 0 Å². The van der Waals surface area contributed by atoms with E-state index in [1.807, 2.05) is 0 Å². The second-order valence-corrected chi connectivity index (χ2v) is 3.87. The third kappa shape index (κ3) is 14.3. The van der Waals surface area contributed by atoms with E-state index in [1.165, 1.54) is 6.92 Å². The standard InChI is InChI=1S/C9H18N2O3.C3H6O2/c1-2-8(12)11-7(9(13)14)5-3-4-6-10;1-2-3(4)5/h7H,2-6,10H2,1H3,(H,11,12)(H,13,14);2H2,1H3,(H,4,5)/p-1. The molecule has 0 heterocycles. The van der Waals surface area contributed by atoms with Gasteiger partial charge in [-0.3, -0.25) is 4.79 Å². The number of hydrogen-bond donors (Lipinski definition) is 2. The van der Waals surface area contributed by atoms with Crippen LogP contribution in [0.2, 0.25) is 0 Å². The van der Waals surface area contributed by atoms with Gasteiger partial charge in [0.25, 0.3) is 0 Å². The Balaban J connectivity index is 0. The second kappa shape index (κ2) is 12.8. The van der Waals surface area contributed by atoms with E-state index in [-0.39, 0.29) is 12.3 Å². The number of quaternary nitrogens is 1. The Kier molecular flexibility index (Phi) is 13.3. The summed E-state index contributed by atoms with van der Waals surface area (Å²) in [6.07, 6.45) is 2.43. The van der Waals surface area contributed by atoms with E-state index < -0.39 is 18.0 Å². The first-order valence-electron chi connectivity index (χ1n) is 6.38. The number of unbranched alkanes of at least 4 members (excludes halogenated alkanes) is 1. The SMILES string of the molecule is CCC(=O)NC(CCCC[NH3+])C(=O)[O-].CCC(=O)[O-]. The molecule has 0 aromatic carbocycles. The first-order valence-corrected chi connectivity index (χ1v) is 6.38. The number of carboxylic acids is 2. The van der Waals surface area contributed by atoms with Gasteiger partial charge in [0.05, 0.1) is 18.6 Å². The lowest BCUT2D eigenvalue weighted by molar-refractivity contribution is -0.368. The zero-order chi connectivity index (χ0) is 15.3. The van der Waals surface area contributed by atoms with Crippen molar-refractivity contribution < 1.29 is 30.3 Å². The summed E-state index contributed by atoms with van der Waals surface area (Å²) in [6, 6.07) is -0.853. The lowest BCUT2D eigenvalue weighted by Gasteiger charge is -2.18. The predicted molar refractivity (Wildman–Crippen MR) is 64.1 cm³/mol. The molecule has 1 unspecified atom stereocenters. The van der Waals surface area contributed by atoms with E-state index in [4.69, 9.17) is 0 Å². The van der Waals surface area contributed by atoms with Crippen LogP contribution >= 0.6 is 0 Å². The molecule has 0 fully saturated rings. The highest BCUT2D eigenvalue weighted by Crippen LogP contribution is 1.99. The van der Waals surface area contributed by atoms with Gasteiger partial charge in [0, 0.05) is 12.4 Å². The van der Waals surface area contributed by atoms with Gasteiger partial charge in [0.15, 0.2) is 0 Å². The van der Waals surface area contributed by atoms with Crippen molar-refractivity contribution in [2.24, 2.45) is 0 Å². The lowest BCUT2D eigenvalue weighted by atomic mass is 10.1. The Bertz CT molecular complexity index is 281. The van der Waals surface area contributed by atoms with E-state index in [0.717, 1.165) is 19.4 Å². The normalized spacial score (nSPS) is 10.9. The number of carbonyl (C=O) groups is 3. The Hall–Kier alpha value is -1.63. The smallest absolute Gasteiger partial charge is 0.220 e. The number of nitrogens with one attached hydrogen (secondary N) is 1. The summed E-state index contributed by atoms with van der Waals surface area (Å²) in [5.41, 5.74) is 3.65. The minimum Gasteiger partial charge on any atom is -0.550 e. The van der Waals surface area contributed by atoms with Gasteiger partial charge in [-0.25, -0.2) is 0 Å². The topological polar surface area (TPSA) is 137 Å². The zero-order valence-electron chi connectivity index (χ0n) is 11.6. The molecule has 7 heteroatoms. The number of amides is 1. The molecule has 0 aliphatic rings. The highest BCUT2D eigenvalue weighted by atomic mass is 16.4. The monoisotopic (exact) mass is 275 g/mol. The maximum absolute atomic E-state index is 10.9. The van der Waals surface area contributed by atoms with Gasteiger partial charge in [-0.05, 0) is 25.7 Å². The molecular weight excluding hydrogens is 252 g/mol. The van der Waals surface area contributed by atoms with Gasteiger partial charge in [0.1, 0.15) is 0 Å². The van der Waals surface area contributed by atoms with E-state index >= 15 is 0 Å². The van der Waals surface area contributed by atoms with Gasteiger partial charge >= 0.3 is 0 Å². The van der Waals surface area contributed by atoms with Crippen LogP contribution in [0.25, 0.3) is 0 Å². The van der Waals surface area contributed by atoms with E-state index in [1.54, 1.807) is 6.92 Å². The number of hydrogen-bond acceptors (Lipinski definition) is 5. The van der Waals surface area contributed by atoms with Crippen LogP contribution in [0.5, 0.6) is 0 Å². The summed E-state index contributed by atoms with van der Waals surface area (Å²) in [5.74, 6) is -2.46. The first-order chi connectivity index (χ1) is 8.88. The van der Waals surface area contributed by atoms with Crippen molar-refractivity contribution in [3.05, 3.63) is 0 Å². The third-order valence-electron chi connectivity index (χ3n) is 2.22. The van der Waals surface area contributed by atoms with Crippen molar-refractivity contribution in [2.75, 3.05) is 6.54 Å². The van der Waals surface area contributed by atoms with Gasteiger partial charge < -0.3 is 30.9 Å². The van der Waals surface area contributed by atoms with Gasteiger partial charge in [-0.2, -0.15) is 0 Å². The molecule has 0 saturated heterocycles. The van der Waals surface area contributed by atoms with Gasteiger partial charge in [0.2, 0.25) is 5.91 Å². The summed E-state index contributed by atoms with van der Waals surface area (Å²) >= 11 is 0. The molecule has 0 radical (unpaired) electrons. The molecular formula is C12H23N2O5-. The molecule has 0 bridgehead atoms. The third-order valence-corrected chi connectivity index (χ3v) is 2.22. The second-order valence-electron chi connectivity index (χ2n) is 3.87. The van der Waals surface area contributed by atoms with Crippen molar-refractivity contribution >= 4 is 17.8 Å². The Labute approximate surface area is 113 Å². The van der Waals surface area contributed by atoms with E-state index in [0.29, 0.717) is 12.8 Å². The highest BCUT2D eigenvalue weighted by molar-refractivity contribution is 5.82. The van der Waals surface area contributed by atoms with E-state index in [9.17, 15) is 24.6 Å². The van der Waals surface area contributed by atoms with Crippen molar-refractivity contribution in [2.45, 2.75) is 52.0 Å². The fourth-order valence-electron chi connectivity index (χ4n) is 1.07. The Morgan fingerprint density at radius 3 is 1.95 bits per heavy atom. The average molecular weight is 275 g/mol. The minimum atomic E-state index is -1.21. The molecule has 0 aliphatic carbocycles. The number of carbonyl (C=O) groups excluding carboxylic acids is 3. The fraction of sp³-hybridized carbons (Fsp3) is 0.750. The Morgan fingerprint density at radius 1 is 1.11 bits per heavy atom. The Morgan fingerprint density at radius 2 is 1.63 bits per heavy atom. The molecule has 112 valence electrons. The van der Waals surface area contributed by atoms with Crippen LogP contribution in [0.4, 0.5) is 0 Å². The van der Waals surface area contributed by atoms with Crippen LogP contribution < -0.4 is 21.3 Å². The molecule has 1 atom stereocenters. The van der Waals surface area contributed by atoms with Gasteiger partial charge in [-0.1, -0.05) is 13.8 Å². The minimum absolute atomic E-state index is 0.111. The highest BCUT2D eigenvalue weighted by Gasteiger charge is 2.11. The van der Waals surface area contributed by atoms with Crippen LogP contribution in [-0.2, 0) is 14.4 Å². The largest absolute Gasteiger partial charge is 0.550 e. The molecule has 0 saturated carbocycles. The van der Waals surface area contributed by atoms with Crippen LogP contribution in [-0.4, -0.2) is 30.4 Å². The maximum Gasteiger partial charge on any atom is 0.220 e. The summed E-state index contributed by atoms with van der Waals surface area (Å²) in [5, 5.41) is 22.3. The molecule has 0 aromatic rings. The quantitative estimate of drug-likeness (QED) is 0.461. The van der Waals surface area contributed by atoms with Crippen LogP contribution in [0.15, 0.2) is 0 Å². The van der Waals surface area contributed by atoms with Crippen LogP contribution in [0.1, 0.15) is 46.0 Å². The predicted octanol–water partition coefficient (Wildman–Crippen LogP) is -2.81. The first kappa shape index (κ1) is 19.7. The van der Waals surface area contributed by atoms with E-state index in [2.05, 4.69) is 11.1 Å². The summed E-state index contributed by atoms with van der Waals surface area (Å²) in [6.45, 7) is 3.99. The van der Waals surface area contributed by atoms with Crippen LogP contribution in [0.3, 0.4) is 0 Å². The molecule has 0 aliphatic heterocycles. The fourth-order valence-corrected chi connectivity index (χ4v) is 1.07. The summed E-state index contributed by atoms with van der Waals surface area (Å²) in [4.78, 5) is 30.8. The van der Waals surface area contributed by atoms with Crippen molar-refractivity contribution in [3.8, 4) is 0 Å². The number of rotatable bonds is 8. The molecule has 4 N–H and O–H groups in total. The molecule has 0 spiro atoms. The molecule has 1 amide bonds. The number of aliphatic carboxylic acids is 2. The molecule has 7 nitrogen and oxygen atoms in total. The zero-order valence-corrected chi connectivity index (χ0v) is 11.6. The van der Waals surface area contributed by atoms with Crippen molar-refractivity contribution in [1.29, 1.82) is 0 Å². The molecule has 19 heavy (non-hydrogen) atoms. The molecule has 0 aromatic heterocycles. The molecule has 0 rings (SSSR count).